The molecule has 10 atom stereocenters. The fourth-order valence-electron chi connectivity index (χ4n) is 7.84. The third-order valence-electron chi connectivity index (χ3n) is 11.0. The van der Waals surface area contributed by atoms with Crippen molar-refractivity contribution in [2.45, 2.75) is 144 Å². The zero-order valence-corrected chi connectivity index (χ0v) is 34.4. The first-order valence-corrected chi connectivity index (χ1v) is 19.0. The summed E-state index contributed by atoms with van der Waals surface area (Å²) < 4.78 is 11.9. The van der Waals surface area contributed by atoms with Crippen LogP contribution in [-0.4, -0.2) is 133 Å². The van der Waals surface area contributed by atoms with E-state index in [2.05, 4.69) is 5.32 Å². The van der Waals surface area contributed by atoms with E-state index in [9.17, 15) is 29.1 Å². The van der Waals surface area contributed by atoms with E-state index >= 15 is 0 Å². The van der Waals surface area contributed by atoms with E-state index < -0.39 is 54.2 Å². The van der Waals surface area contributed by atoms with Crippen LogP contribution in [0.1, 0.15) is 101 Å². The standard InChI is InChI=1S/C39H72N4O8/c1-16-25(8)35(42(13)39(49)28(22(2)3)20-30(45)34(23(4)5)41(11)12)31(50-14)21-32(46)43-19-17-18-29(43)37(51-15)26(9)38(48)40-33(27(10)44)36(47)24(6)7/h22-29,31,33-35,37,44H,16-21H2,1-15H3,(H,40,48)/t25-,26+,27?,28-,29-,31+,33-,34-,35-,37?/m0/s1. The summed E-state index contributed by atoms with van der Waals surface area (Å²) >= 11 is 0. The van der Waals surface area contributed by atoms with Gasteiger partial charge in [0, 0.05) is 46.1 Å². The highest BCUT2D eigenvalue weighted by Crippen LogP contribution is 2.31. The molecular weight excluding hydrogens is 652 g/mol. The lowest BCUT2D eigenvalue weighted by atomic mass is 9.83. The Hall–Kier alpha value is -2.41. The van der Waals surface area contributed by atoms with E-state index in [1.165, 1.54) is 14.0 Å². The molecule has 0 aliphatic carbocycles. The van der Waals surface area contributed by atoms with Crippen molar-refractivity contribution in [1.29, 1.82) is 0 Å². The Bertz CT molecular complexity index is 1130. The predicted molar refractivity (Wildman–Crippen MR) is 200 cm³/mol. The van der Waals surface area contributed by atoms with Crippen LogP contribution in [0.5, 0.6) is 0 Å². The molecule has 0 radical (unpaired) electrons. The van der Waals surface area contributed by atoms with E-state index in [4.69, 9.17) is 9.47 Å². The maximum absolute atomic E-state index is 14.2. The molecule has 12 heteroatoms. The third kappa shape index (κ3) is 12.3. The highest BCUT2D eigenvalue weighted by molar-refractivity contribution is 5.92. The number of methoxy groups -OCH3 is 2. The van der Waals surface area contributed by atoms with Crippen LogP contribution in [-0.2, 0) is 33.4 Å². The van der Waals surface area contributed by atoms with Gasteiger partial charge in [0.1, 0.15) is 6.04 Å². The molecule has 296 valence electrons. The Balaban J connectivity index is 3.30. The number of ether oxygens (including phenoxy) is 2. The number of nitrogens with zero attached hydrogens (tertiary/aromatic N) is 3. The van der Waals surface area contributed by atoms with Crippen LogP contribution in [0.25, 0.3) is 0 Å². The number of nitrogens with one attached hydrogen (secondary N) is 1. The van der Waals surface area contributed by atoms with Crippen LogP contribution < -0.4 is 5.32 Å². The van der Waals surface area contributed by atoms with Crippen LogP contribution in [0.2, 0.25) is 0 Å². The molecule has 3 amide bonds. The van der Waals surface area contributed by atoms with Crippen LogP contribution in [0.3, 0.4) is 0 Å². The van der Waals surface area contributed by atoms with Gasteiger partial charge in [-0.15, -0.1) is 0 Å². The van der Waals surface area contributed by atoms with E-state index in [-0.39, 0.29) is 65.9 Å². The van der Waals surface area contributed by atoms with Crippen LogP contribution in [0.4, 0.5) is 0 Å². The molecular formula is C39H72N4O8. The molecule has 1 aliphatic heterocycles. The topological polar surface area (TPSA) is 146 Å². The van der Waals surface area contributed by atoms with Crippen molar-refractivity contribution in [2.24, 2.45) is 35.5 Å². The van der Waals surface area contributed by atoms with Crippen molar-refractivity contribution in [3.8, 4) is 0 Å². The molecule has 12 nitrogen and oxygen atoms in total. The van der Waals surface area contributed by atoms with Crippen molar-refractivity contribution in [3.63, 3.8) is 0 Å². The van der Waals surface area contributed by atoms with Crippen molar-refractivity contribution >= 4 is 29.3 Å². The summed E-state index contributed by atoms with van der Waals surface area (Å²) in [6.07, 6.45) is -0.0846. The SMILES string of the molecule is CC[C@H](C)[C@@H]([C@@H](CC(=O)N1CCC[C@H]1C(OC)[C@@H](C)C(=O)N[C@H](C(=O)C(C)C)C(C)O)OC)N(C)C(=O)[C@@H](CC(=O)[C@H](C(C)C)N(C)C)C(C)C. The minimum absolute atomic E-state index is 0.00868. The first-order chi connectivity index (χ1) is 23.7. The Morgan fingerprint density at radius 2 is 1.47 bits per heavy atom. The Morgan fingerprint density at radius 3 is 1.90 bits per heavy atom. The molecule has 1 rings (SSSR count). The second kappa shape index (κ2) is 21.3. The second-order valence-corrected chi connectivity index (χ2v) is 16.0. The summed E-state index contributed by atoms with van der Waals surface area (Å²) in [5, 5.41) is 13.0. The number of hydrogen-bond acceptors (Lipinski definition) is 9. The number of likely N-dealkylation sites (tertiary alicyclic amines) is 1. The lowest BCUT2D eigenvalue weighted by Gasteiger charge is -2.41. The maximum Gasteiger partial charge on any atom is 0.226 e. The Labute approximate surface area is 308 Å². The molecule has 1 fully saturated rings. The van der Waals surface area contributed by atoms with E-state index in [0.29, 0.717) is 13.0 Å². The van der Waals surface area contributed by atoms with Crippen LogP contribution in [0.15, 0.2) is 0 Å². The number of likely N-dealkylation sites (N-methyl/N-ethyl adjacent to an activating group) is 2. The largest absolute Gasteiger partial charge is 0.391 e. The van der Waals surface area contributed by atoms with Gasteiger partial charge in [-0.25, -0.2) is 0 Å². The van der Waals surface area contributed by atoms with Gasteiger partial charge in [0.2, 0.25) is 17.7 Å². The maximum atomic E-state index is 14.2. The number of carbonyl (C=O) groups is 5. The van der Waals surface area contributed by atoms with E-state index in [1.54, 1.807) is 44.7 Å². The molecule has 51 heavy (non-hydrogen) atoms. The normalized spacial score (nSPS) is 20.5. The van der Waals surface area contributed by atoms with Crippen molar-refractivity contribution in [2.75, 3.05) is 41.9 Å². The summed E-state index contributed by atoms with van der Waals surface area (Å²) in [5.74, 6) is -2.55. The van der Waals surface area contributed by atoms with Crippen molar-refractivity contribution in [1.82, 2.24) is 20.0 Å². The minimum atomic E-state index is -1.07. The molecule has 0 aromatic carbocycles. The number of hydrogen-bond donors (Lipinski definition) is 2. The Morgan fingerprint density at radius 1 is 0.882 bits per heavy atom. The summed E-state index contributed by atoms with van der Waals surface area (Å²) in [4.78, 5) is 73.4. The number of amides is 3. The number of carbonyl (C=O) groups excluding carboxylic acids is 5. The number of Topliss-reactive ketones (excluding diaryl/α,β-unsaturated/α-hetero) is 2. The summed E-state index contributed by atoms with van der Waals surface area (Å²) in [6, 6.07) is -2.16. The molecule has 1 aliphatic rings. The zero-order valence-electron chi connectivity index (χ0n) is 34.4. The average Bonchev–Trinajstić information content (AvgIpc) is 3.53. The molecule has 0 saturated carbocycles. The van der Waals surface area contributed by atoms with Crippen molar-refractivity contribution < 1.29 is 38.6 Å². The zero-order chi connectivity index (χ0) is 39.5. The van der Waals surface area contributed by atoms with Crippen LogP contribution >= 0.6 is 0 Å². The highest BCUT2D eigenvalue weighted by Gasteiger charge is 2.43. The van der Waals surface area contributed by atoms with Gasteiger partial charge in [-0.3, -0.25) is 28.9 Å². The average molecular weight is 725 g/mol. The second-order valence-electron chi connectivity index (χ2n) is 16.0. The minimum Gasteiger partial charge on any atom is -0.391 e. The van der Waals surface area contributed by atoms with Gasteiger partial charge in [0.25, 0.3) is 0 Å². The Kier molecular flexibility index (Phi) is 19.5. The molecule has 1 saturated heterocycles. The first kappa shape index (κ1) is 46.6. The van der Waals surface area contributed by atoms with Crippen LogP contribution in [0, 0.1) is 35.5 Å². The number of rotatable bonds is 22. The number of aliphatic hydroxyl groups is 1. The molecule has 2 N–H and O–H groups in total. The smallest absolute Gasteiger partial charge is 0.226 e. The molecule has 0 aromatic heterocycles. The number of aliphatic hydroxyl groups excluding tert-OH is 1. The quantitative estimate of drug-likeness (QED) is 0.170. The fraction of sp³-hybridized carbons (Fsp3) is 0.872. The van der Waals surface area contributed by atoms with Gasteiger partial charge in [0.15, 0.2) is 11.6 Å². The molecule has 0 aromatic rings. The summed E-state index contributed by atoms with van der Waals surface area (Å²) in [5.41, 5.74) is 0. The van der Waals surface area contributed by atoms with Crippen molar-refractivity contribution in [3.05, 3.63) is 0 Å². The van der Waals surface area contributed by atoms with Gasteiger partial charge in [-0.05, 0) is 51.6 Å². The monoisotopic (exact) mass is 725 g/mol. The highest BCUT2D eigenvalue weighted by atomic mass is 16.5. The van der Waals surface area contributed by atoms with Gasteiger partial charge in [0.05, 0.1) is 48.8 Å². The first-order valence-electron chi connectivity index (χ1n) is 19.0. The lowest BCUT2D eigenvalue weighted by molar-refractivity contribution is -0.149. The molecule has 0 spiro atoms. The van der Waals surface area contributed by atoms with Gasteiger partial charge >= 0.3 is 0 Å². The number of ketones is 2. The van der Waals surface area contributed by atoms with E-state index in [0.717, 1.165) is 12.8 Å². The lowest BCUT2D eigenvalue weighted by Crippen LogP contribution is -2.56. The van der Waals surface area contributed by atoms with Gasteiger partial charge in [-0.2, -0.15) is 0 Å². The van der Waals surface area contributed by atoms with Gasteiger partial charge < -0.3 is 29.7 Å². The summed E-state index contributed by atoms with van der Waals surface area (Å²) in [6.45, 7) is 19.2. The third-order valence-corrected chi connectivity index (χ3v) is 11.0. The predicted octanol–water partition coefficient (Wildman–Crippen LogP) is 3.82. The summed E-state index contributed by atoms with van der Waals surface area (Å²) in [7, 11) is 8.60. The van der Waals surface area contributed by atoms with Gasteiger partial charge in [-0.1, -0.05) is 68.7 Å². The van der Waals surface area contributed by atoms with E-state index in [1.807, 2.05) is 60.5 Å². The molecule has 1 heterocycles. The molecule has 2 unspecified atom stereocenters. The fourth-order valence-corrected chi connectivity index (χ4v) is 7.84. The molecule has 0 bridgehead atoms.